The maximum absolute atomic E-state index is 14.4. The van der Waals surface area contributed by atoms with Crippen molar-refractivity contribution in [1.82, 2.24) is 19.9 Å². The Balaban J connectivity index is 1.62. The van der Waals surface area contributed by atoms with Crippen molar-refractivity contribution in [3.63, 3.8) is 0 Å². The zero-order chi connectivity index (χ0) is 22.2. The van der Waals surface area contributed by atoms with Crippen LogP contribution in [-0.4, -0.2) is 44.5 Å². The van der Waals surface area contributed by atoms with Gasteiger partial charge in [0.15, 0.2) is 5.75 Å². The van der Waals surface area contributed by atoms with Crippen LogP contribution < -0.4 is 15.0 Å². The maximum atomic E-state index is 14.4. The van der Waals surface area contributed by atoms with E-state index in [0.29, 0.717) is 24.4 Å². The predicted molar refractivity (Wildman–Crippen MR) is 109 cm³/mol. The van der Waals surface area contributed by atoms with E-state index in [1.807, 2.05) is 4.90 Å². The summed E-state index contributed by atoms with van der Waals surface area (Å²) in [4.78, 5) is 18.7. The van der Waals surface area contributed by atoms with Gasteiger partial charge in [-0.25, -0.2) is 23.1 Å². The average molecular weight is 431 g/mol. The van der Waals surface area contributed by atoms with Crippen molar-refractivity contribution in [1.29, 1.82) is 0 Å². The molecule has 0 aliphatic carbocycles. The Morgan fingerprint density at radius 3 is 2.94 bits per heavy atom. The standard InChI is InChI=1S/C21H23F2N5O3/c1-21(2,12-29)26-20(30)31-17-11-24-28-9-7-18(25-19(17)28)27-8-3-4-16(27)14-10-13(22)5-6-15(14)23/h5-7,9-11,16,29H,3-4,8,12H2,1-2H3,(H,26,30)/t16-/m1/s1. The van der Waals surface area contributed by atoms with E-state index in [-0.39, 0.29) is 24.0 Å². The lowest BCUT2D eigenvalue weighted by Gasteiger charge is -2.26. The van der Waals surface area contributed by atoms with Crippen LogP contribution in [-0.2, 0) is 0 Å². The summed E-state index contributed by atoms with van der Waals surface area (Å²) in [6, 6.07) is 4.83. The fourth-order valence-corrected chi connectivity index (χ4v) is 3.65. The van der Waals surface area contributed by atoms with Crippen molar-refractivity contribution in [2.45, 2.75) is 38.3 Å². The molecule has 3 heterocycles. The Hall–Kier alpha value is -3.27. The van der Waals surface area contributed by atoms with Gasteiger partial charge in [0.1, 0.15) is 17.5 Å². The van der Waals surface area contributed by atoms with Crippen molar-refractivity contribution >= 4 is 17.6 Å². The van der Waals surface area contributed by atoms with Crippen LogP contribution in [0.1, 0.15) is 38.3 Å². The fourth-order valence-electron chi connectivity index (χ4n) is 3.65. The lowest BCUT2D eigenvalue weighted by Crippen LogP contribution is -2.47. The molecule has 1 saturated heterocycles. The van der Waals surface area contributed by atoms with Gasteiger partial charge in [-0.15, -0.1) is 0 Å². The number of ether oxygens (including phenoxy) is 1. The number of anilines is 1. The number of hydrogen-bond donors (Lipinski definition) is 2. The Kier molecular flexibility index (Phi) is 5.48. The summed E-state index contributed by atoms with van der Waals surface area (Å²) >= 11 is 0. The highest BCUT2D eigenvalue weighted by Crippen LogP contribution is 2.37. The SMILES string of the molecule is CC(C)(CO)NC(=O)Oc1cnn2ccc(N3CCC[C@@H]3c3cc(F)ccc3F)nc12. The number of benzene rings is 1. The monoisotopic (exact) mass is 431 g/mol. The van der Waals surface area contributed by atoms with E-state index in [1.165, 1.54) is 16.8 Å². The number of aromatic nitrogens is 3. The Bertz CT molecular complexity index is 1120. The molecular formula is C21H23F2N5O3. The van der Waals surface area contributed by atoms with Crippen LogP contribution in [0.15, 0.2) is 36.7 Å². The Morgan fingerprint density at radius 1 is 1.35 bits per heavy atom. The normalized spacial score (nSPS) is 16.7. The molecule has 1 aliphatic rings. The number of rotatable bonds is 5. The van der Waals surface area contributed by atoms with Crippen LogP contribution in [0.2, 0.25) is 0 Å². The van der Waals surface area contributed by atoms with E-state index in [2.05, 4.69) is 15.4 Å². The number of aliphatic hydroxyl groups excluding tert-OH is 1. The largest absolute Gasteiger partial charge is 0.413 e. The zero-order valence-corrected chi connectivity index (χ0v) is 17.2. The van der Waals surface area contributed by atoms with Gasteiger partial charge in [0.2, 0.25) is 5.65 Å². The molecule has 0 saturated carbocycles. The molecule has 10 heteroatoms. The third-order valence-electron chi connectivity index (χ3n) is 5.22. The molecule has 3 aromatic rings. The van der Waals surface area contributed by atoms with Gasteiger partial charge >= 0.3 is 6.09 Å². The molecule has 1 aromatic carbocycles. The molecule has 0 spiro atoms. The number of nitrogens with zero attached hydrogens (tertiary/aromatic N) is 4. The molecular weight excluding hydrogens is 408 g/mol. The first-order valence-electron chi connectivity index (χ1n) is 9.94. The first-order valence-corrected chi connectivity index (χ1v) is 9.94. The van der Waals surface area contributed by atoms with E-state index in [9.17, 15) is 18.7 Å². The second-order valence-electron chi connectivity index (χ2n) is 8.14. The van der Waals surface area contributed by atoms with Crippen molar-refractivity contribution in [2.24, 2.45) is 0 Å². The minimum absolute atomic E-state index is 0.140. The summed E-state index contributed by atoms with van der Waals surface area (Å²) in [6.45, 7) is 3.67. The molecule has 0 unspecified atom stereocenters. The van der Waals surface area contributed by atoms with Gasteiger partial charge in [-0.2, -0.15) is 5.10 Å². The average Bonchev–Trinajstić information content (AvgIpc) is 3.36. The van der Waals surface area contributed by atoms with Crippen LogP contribution >= 0.6 is 0 Å². The lowest BCUT2D eigenvalue weighted by molar-refractivity contribution is 0.159. The molecule has 1 aliphatic heterocycles. The van der Waals surface area contributed by atoms with Gasteiger partial charge in [-0.1, -0.05) is 0 Å². The van der Waals surface area contributed by atoms with Crippen LogP contribution in [0, 0.1) is 11.6 Å². The molecule has 31 heavy (non-hydrogen) atoms. The van der Waals surface area contributed by atoms with Gasteiger partial charge in [-0.3, -0.25) is 0 Å². The molecule has 0 radical (unpaired) electrons. The summed E-state index contributed by atoms with van der Waals surface area (Å²) in [5, 5.41) is 16.0. The first kappa shape index (κ1) is 21.0. The highest BCUT2D eigenvalue weighted by molar-refractivity contribution is 5.74. The number of fused-ring (bicyclic) bond motifs is 1. The number of amides is 1. The molecule has 1 fully saturated rings. The molecule has 8 nitrogen and oxygen atoms in total. The molecule has 164 valence electrons. The third-order valence-corrected chi connectivity index (χ3v) is 5.22. The van der Waals surface area contributed by atoms with Crippen molar-refractivity contribution in [3.05, 3.63) is 53.9 Å². The van der Waals surface area contributed by atoms with E-state index < -0.39 is 23.3 Å². The Labute approximate surface area is 177 Å². The maximum Gasteiger partial charge on any atom is 0.413 e. The second kappa shape index (κ2) is 8.10. The summed E-state index contributed by atoms with van der Waals surface area (Å²) in [5.74, 6) is -0.272. The lowest BCUT2D eigenvalue weighted by atomic mass is 10.0. The highest BCUT2D eigenvalue weighted by atomic mass is 19.1. The predicted octanol–water partition coefficient (Wildman–Crippen LogP) is 3.21. The molecule has 1 amide bonds. The van der Waals surface area contributed by atoms with Crippen LogP contribution in [0.25, 0.3) is 5.65 Å². The molecule has 4 rings (SSSR count). The van der Waals surface area contributed by atoms with Gasteiger partial charge in [0.05, 0.1) is 24.4 Å². The van der Waals surface area contributed by atoms with Crippen molar-refractivity contribution < 1.29 is 23.4 Å². The molecule has 2 aromatic heterocycles. The summed E-state index contributed by atoms with van der Waals surface area (Å²) in [5.41, 5.74) is -0.259. The van der Waals surface area contributed by atoms with Crippen LogP contribution in [0.5, 0.6) is 5.75 Å². The minimum Gasteiger partial charge on any atom is -0.405 e. The van der Waals surface area contributed by atoms with E-state index in [4.69, 9.17) is 4.74 Å². The van der Waals surface area contributed by atoms with Gasteiger partial charge in [0, 0.05) is 18.3 Å². The van der Waals surface area contributed by atoms with Gasteiger partial charge < -0.3 is 20.1 Å². The highest BCUT2D eigenvalue weighted by Gasteiger charge is 2.30. The van der Waals surface area contributed by atoms with Crippen LogP contribution in [0.3, 0.4) is 0 Å². The number of nitrogens with one attached hydrogen (secondary N) is 1. The minimum atomic E-state index is -0.851. The number of carbonyl (C=O) groups is 1. The topological polar surface area (TPSA) is 92.0 Å². The van der Waals surface area contributed by atoms with Gasteiger partial charge in [0.25, 0.3) is 0 Å². The van der Waals surface area contributed by atoms with Crippen LogP contribution in [0.4, 0.5) is 19.4 Å². The quantitative estimate of drug-likeness (QED) is 0.645. The number of aliphatic hydroxyl groups is 1. The molecule has 1 atom stereocenters. The fraction of sp³-hybridized carbons (Fsp3) is 0.381. The first-order chi connectivity index (χ1) is 14.8. The Morgan fingerprint density at radius 2 is 2.16 bits per heavy atom. The van der Waals surface area contributed by atoms with Gasteiger partial charge in [-0.05, 0) is 51.0 Å². The van der Waals surface area contributed by atoms with Crippen molar-refractivity contribution in [2.75, 3.05) is 18.1 Å². The summed E-state index contributed by atoms with van der Waals surface area (Å²) < 4.78 is 34.9. The summed E-state index contributed by atoms with van der Waals surface area (Å²) in [7, 11) is 0. The van der Waals surface area contributed by atoms with Crippen molar-refractivity contribution in [3.8, 4) is 5.75 Å². The third kappa shape index (κ3) is 4.29. The van der Waals surface area contributed by atoms with E-state index >= 15 is 0 Å². The zero-order valence-electron chi connectivity index (χ0n) is 17.2. The number of hydrogen-bond acceptors (Lipinski definition) is 6. The number of halogens is 2. The molecule has 0 bridgehead atoms. The smallest absolute Gasteiger partial charge is 0.405 e. The van der Waals surface area contributed by atoms with E-state index in [0.717, 1.165) is 18.6 Å². The number of carbonyl (C=O) groups excluding carboxylic acids is 1. The summed E-state index contributed by atoms with van der Waals surface area (Å²) in [6.07, 6.45) is 3.74. The second-order valence-corrected chi connectivity index (χ2v) is 8.14. The molecule has 2 N–H and O–H groups in total. The van der Waals surface area contributed by atoms with E-state index in [1.54, 1.807) is 26.1 Å².